The molecular weight excluding hydrogens is 244 g/mol. The summed E-state index contributed by atoms with van der Waals surface area (Å²) in [6, 6.07) is 8.86. The molecule has 0 spiro atoms. The molecular formula is C14H14N2O3. The number of aromatic nitrogens is 1. The molecule has 0 unspecified atom stereocenters. The van der Waals surface area contributed by atoms with Crippen LogP contribution in [-0.4, -0.2) is 22.8 Å². The van der Waals surface area contributed by atoms with E-state index < -0.39 is 5.91 Å². The summed E-state index contributed by atoms with van der Waals surface area (Å²) in [5, 5.41) is 3.23. The summed E-state index contributed by atoms with van der Waals surface area (Å²) in [5.74, 6) is -0.687. The Bertz CT molecular complexity index is 716. The Balaban J connectivity index is 2.49. The van der Waals surface area contributed by atoms with Gasteiger partial charge in [0, 0.05) is 7.05 Å². The molecule has 0 radical (unpaired) electrons. The van der Waals surface area contributed by atoms with Gasteiger partial charge < -0.3 is 9.88 Å². The minimum atomic E-state index is -0.526. The van der Waals surface area contributed by atoms with Crippen LogP contribution in [0.3, 0.4) is 0 Å². The van der Waals surface area contributed by atoms with Crippen molar-refractivity contribution < 1.29 is 9.59 Å². The summed E-state index contributed by atoms with van der Waals surface area (Å²) in [6.45, 7) is 1.30. The highest BCUT2D eigenvalue weighted by Gasteiger charge is 2.13. The van der Waals surface area contributed by atoms with Gasteiger partial charge >= 0.3 is 0 Å². The summed E-state index contributed by atoms with van der Waals surface area (Å²) in [5.41, 5.74) is 0.429. The van der Waals surface area contributed by atoms with Crippen molar-refractivity contribution in [3.63, 3.8) is 0 Å². The average Bonchev–Trinajstić information content (AvgIpc) is 2.40. The summed E-state index contributed by atoms with van der Waals surface area (Å²) in [7, 11) is 1.62. The lowest BCUT2D eigenvalue weighted by Crippen LogP contribution is -2.34. The van der Waals surface area contributed by atoms with Crippen molar-refractivity contribution in [2.75, 3.05) is 6.54 Å². The number of hydrogen-bond donors (Lipinski definition) is 1. The number of carbonyl (C=O) groups is 2. The summed E-state index contributed by atoms with van der Waals surface area (Å²) in [4.78, 5) is 34.8. The largest absolute Gasteiger partial charge is 0.345 e. The molecule has 1 aromatic carbocycles. The van der Waals surface area contributed by atoms with Crippen molar-refractivity contribution >= 4 is 22.6 Å². The molecule has 2 aromatic rings. The smallest absolute Gasteiger partial charge is 0.263 e. The van der Waals surface area contributed by atoms with Crippen LogP contribution in [-0.2, 0) is 11.8 Å². The van der Waals surface area contributed by atoms with Crippen molar-refractivity contribution in [3.05, 3.63) is 46.2 Å². The number of ketones is 1. The van der Waals surface area contributed by atoms with Crippen LogP contribution in [0.15, 0.2) is 35.1 Å². The van der Waals surface area contributed by atoms with Gasteiger partial charge in [-0.3, -0.25) is 14.4 Å². The zero-order valence-corrected chi connectivity index (χ0v) is 10.8. The highest BCUT2D eigenvalue weighted by molar-refractivity contribution is 5.98. The molecule has 0 fully saturated rings. The van der Waals surface area contributed by atoms with Crippen LogP contribution in [0.2, 0.25) is 0 Å². The molecule has 98 valence electrons. The first kappa shape index (κ1) is 13.0. The van der Waals surface area contributed by atoms with E-state index in [1.807, 2.05) is 24.3 Å². The Morgan fingerprint density at radius 2 is 1.95 bits per heavy atom. The lowest BCUT2D eigenvalue weighted by Gasteiger charge is -2.08. The average molecular weight is 258 g/mol. The molecule has 0 saturated heterocycles. The molecule has 1 heterocycles. The van der Waals surface area contributed by atoms with E-state index in [1.54, 1.807) is 13.1 Å². The molecule has 0 saturated carbocycles. The van der Waals surface area contributed by atoms with Crippen molar-refractivity contribution in [2.45, 2.75) is 6.92 Å². The first-order valence-electron chi connectivity index (χ1n) is 5.87. The van der Waals surface area contributed by atoms with Gasteiger partial charge in [0.2, 0.25) is 0 Å². The van der Waals surface area contributed by atoms with E-state index in [0.29, 0.717) is 0 Å². The molecule has 1 amide bonds. The molecule has 0 atom stereocenters. The first-order valence-corrected chi connectivity index (χ1v) is 5.87. The van der Waals surface area contributed by atoms with Crippen LogP contribution in [0.5, 0.6) is 0 Å². The third-order valence-corrected chi connectivity index (χ3v) is 2.88. The van der Waals surface area contributed by atoms with Crippen LogP contribution in [0.4, 0.5) is 0 Å². The van der Waals surface area contributed by atoms with Gasteiger partial charge in [-0.15, -0.1) is 0 Å². The predicted molar refractivity (Wildman–Crippen MR) is 72.2 cm³/mol. The monoisotopic (exact) mass is 258 g/mol. The second kappa shape index (κ2) is 5.06. The maximum absolute atomic E-state index is 12.1. The maximum Gasteiger partial charge on any atom is 0.263 e. The molecule has 0 aliphatic heterocycles. The minimum absolute atomic E-state index is 0.0439. The minimum Gasteiger partial charge on any atom is -0.345 e. The summed E-state index contributed by atoms with van der Waals surface area (Å²) in [6.07, 6.45) is 0. The number of nitrogens with one attached hydrogen (secondary N) is 1. The molecule has 5 heteroatoms. The zero-order chi connectivity index (χ0) is 14.0. The van der Waals surface area contributed by atoms with Gasteiger partial charge in [0.1, 0.15) is 11.3 Å². The number of pyridine rings is 1. The van der Waals surface area contributed by atoms with Gasteiger partial charge in [0.25, 0.3) is 11.5 Å². The number of hydrogen-bond acceptors (Lipinski definition) is 3. The lowest BCUT2D eigenvalue weighted by atomic mass is 10.1. The number of para-hydroxylation sites is 1. The second-order valence-corrected chi connectivity index (χ2v) is 4.37. The highest BCUT2D eigenvalue weighted by Crippen LogP contribution is 2.12. The lowest BCUT2D eigenvalue weighted by molar-refractivity contribution is -0.116. The fourth-order valence-electron chi connectivity index (χ4n) is 1.88. The predicted octanol–water partition coefficient (Wildman–Crippen LogP) is 0.857. The first-order chi connectivity index (χ1) is 9.00. The Kier molecular flexibility index (Phi) is 3.46. The standard InChI is InChI=1S/C14H14N2O3/c1-9(17)8-15-13(18)11-7-10-5-3-4-6-12(10)16(2)14(11)19/h3-7H,8H2,1-2H3,(H,15,18). The number of benzene rings is 1. The van der Waals surface area contributed by atoms with E-state index >= 15 is 0 Å². The molecule has 1 aromatic heterocycles. The number of carbonyl (C=O) groups excluding carboxylic acids is 2. The van der Waals surface area contributed by atoms with Crippen LogP contribution in [0.25, 0.3) is 10.9 Å². The van der Waals surface area contributed by atoms with Gasteiger partial charge in [-0.1, -0.05) is 18.2 Å². The third-order valence-electron chi connectivity index (χ3n) is 2.88. The van der Waals surface area contributed by atoms with Crippen LogP contribution in [0, 0.1) is 0 Å². The molecule has 1 N–H and O–H groups in total. The molecule has 19 heavy (non-hydrogen) atoms. The van der Waals surface area contributed by atoms with Gasteiger partial charge in [0.05, 0.1) is 12.1 Å². The SMILES string of the molecule is CC(=O)CNC(=O)c1cc2ccccc2n(C)c1=O. The second-order valence-electron chi connectivity index (χ2n) is 4.37. The van der Waals surface area contributed by atoms with E-state index in [2.05, 4.69) is 5.32 Å². The topological polar surface area (TPSA) is 68.2 Å². The van der Waals surface area contributed by atoms with E-state index in [-0.39, 0.29) is 23.5 Å². The van der Waals surface area contributed by atoms with Gasteiger partial charge in [0.15, 0.2) is 0 Å². The molecule has 0 aliphatic rings. The Morgan fingerprint density at radius 3 is 2.63 bits per heavy atom. The van der Waals surface area contributed by atoms with Gasteiger partial charge in [-0.25, -0.2) is 0 Å². The van der Waals surface area contributed by atoms with E-state index in [4.69, 9.17) is 0 Å². The number of nitrogens with zero attached hydrogens (tertiary/aromatic N) is 1. The van der Waals surface area contributed by atoms with Crippen molar-refractivity contribution in [1.82, 2.24) is 9.88 Å². The van der Waals surface area contributed by atoms with Crippen molar-refractivity contribution in [3.8, 4) is 0 Å². The Hall–Kier alpha value is -2.43. The fraction of sp³-hybridized carbons (Fsp3) is 0.214. The number of amides is 1. The fourth-order valence-corrected chi connectivity index (χ4v) is 1.88. The normalized spacial score (nSPS) is 10.4. The van der Waals surface area contributed by atoms with Crippen molar-refractivity contribution in [2.24, 2.45) is 7.05 Å². The van der Waals surface area contributed by atoms with Crippen LogP contribution < -0.4 is 10.9 Å². The van der Waals surface area contributed by atoms with E-state index in [1.165, 1.54) is 11.5 Å². The van der Waals surface area contributed by atoms with E-state index in [9.17, 15) is 14.4 Å². The third kappa shape index (κ3) is 2.54. The summed E-state index contributed by atoms with van der Waals surface area (Å²) < 4.78 is 1.43. The van der Waals surface area contributed by atoms with Gasteiger partial charge in [-0.2, -0.15) is 0 Å². The number of rotatable bonds is 3. The Morgan fingerprint density at radius 1 is 1.26 bits per heavy atom. The molecule has 5 nitrogen and oxygen atoms in total. The molecule has 0 bridgehead atoms. The van der Waals surface area contributed by atoms with Gasteiger partial charge in [-0.05, 0) is 24.4 Å². The quantitative estimate of drug-likeness (QED) is 0.887. The zero-order valence-electron chi connectivity index (χ0n) is 10.8. The maximum atomic E-state index is 12.1. The molecule has 0 aliphatic carbocycles. The van der Waals surface area contributed by atoms with Crippen LogP contribution >= 0.6 is 0 Å². The van der Waals surface area contributed by atoms with E-state index in [0.717, 1.165) is 10.9 Å². The Labute approximate surface area is 109 Å². The number of Topliss-reactive ketones (excluding diaryl/α,β-unsaturated/α-hetero) is 1. The molecule has 2 rings (SSSR count). The number of fused-ring (bicyclic) bond motifs is 1. The van der Waals surface area contributed by atoms with Crippen LogP contribution in [0.1, 0.15) is 17.3 Å². The highest BCUT2D eigenvalue weighted by atomic mass is 16.2. The summed E-state index contributed by atoms with van der Waals surface area (Å²) >= 11 is 0. The number of aryl methyl sites for hydroxylation is 1. The van der Waals surface area contributed by atoms with Crippen molar-refractivity contribution in [1.29, 1.82) is 0 Å².